The van der Waals surface area contributed by atoms with E-state index in [1.54, 1.807) is 0 Å². The summed E-state index contributed by atoms with van der Waals surface area (Å²) in [7, 11) is 0. The summed E-state index contributed by atoms with van der Waals surface area (Å²) in [5.74, 6) is -0.699. The normalized spacial score (nSPS) is 14.1. The molecule has 0 bridgehead atoms. The number of hydrogen-bond acceptors (Lipinski definition) is 2. The first-order chi connectivity index (χ1) is 7.09. The second kappa shape index (κ2) is 3.50. The number of Topliss-reactive ketones (excluding diaryl/α,β-unsaturated/α-hetero) is 1. The third-order valence-corrected chi connectivity index (χ3v) is 2.84. The summed E-state index contributed by atoms with van der Waals surface area (Å²) in [6, 6.07) is 3.65. The van der Waals surface area contributed by atoms with Crippen LogP contribution in [-0.2, 0) is 17.6 Å². The van der Waals surface area contributed by atoms with Crippen molar-refractivity contribution < 1.29 is 14.7 Å². The van der Waals surface area contributed by atoms with E-state index in [-0.39, 0.29) is 12.2 Å². The Morgan fingerprint density at radius 2 is 2.13 bits per heavy atom. The maximum Gasteiger partial charge on any atom is 0.307 e. The molecule has 1 aliphatic carbocycles. The third-order valence-electron chi connectivity index (χ3n) is 2.84. The summed E-state index contributed by atoms with van der Waals surface area (Å²) in [5, 5.41) is 8.75. The number of carboxylic acid groups (broad SMARTS) is 1. The van der Waals surface area contributed by atoms with Crippen LogP contribution in [-0.4, -0.2) is 16.9 Å². The summed E-state index contributed by atoms with van der Waals surface area (Å²) < 4.78 is 0. The highest BCUT2D eigenvalue weighted by molar-refractivity contribution is 6.02. The Hall–Kier alpha value is -1.64. The summed E-state index contributed by atoms with van der Waals surface area (Å²) in [4.78, 5) is 22.2. The lowest BCUT2D eigenvalue weighted by Gasteiger charge is -2.07. The highest BCUT2D eigenvalue weighted by Crippen LogP contribution is 2.28. The maximum atomic E-state index is 11.6. The molecule has 1 N–H and O–H groups in total. The Kier molecular flexibility index (Phi) is 2.31. The molecule has 0 amide bonds. The highest BCUT2D eigenvalue weighted by atomic mass is 16.4. The van der Waals surface area contributed by atoms with Gasteiger partial charge in [0.2, 0.25) is 0 Å². The van der Waals surface area contributed by atoms with Gasteiger partial charge in [-0.1, -0.05) is 12.1 Å². The number of fused-ring (bicyclic) bond motifs is 1. The van der Waals surface area contributed by atoms with Gasteiger partial charge in [0.25, 0.3) is 0 Å². The molecule has 3 nitrogen and oxygen atoms in total. The molecule has 0 saturated carbocycles. The maximum absolute atomic E-state index is 11.6. The highest BCUT2D eigenvalue weighted by Gasteiger charge is 2.24. The zero-order chi connectivity index (χ0) is 11.0. The zero-order valence-electron chi connectivity index (χ0n) is 8.54. The Morgan fingerprint density at radius 1 is 1.40 bits per heavy atom. The van der Waals surface area contributed by atoms with Crippen molar-refractivity contribution >= 4 is 11.8 Å². The van der Waals surface area contributed by atoms with Crippen LogP contribution in [0.25, 0.3) is 0 Å². The predicted octanol–water partition coefficient (Wildman–Crippen LogP) is 1.75. The van der Waals surface area contributed by atoms with E-state index < -0.39 is 5.97 Å². The van der Waals surface area contributed by atoms with Gasteiger partial charge in [0.1, 0.15) is 0 Å². The van der Waals surface area contributed by atoms with Gasteiger partial charge in [-0.2, -0.15) is 0 Å². The number of carboxylic acids is 1. The number of carbonyl (C=O) groups excluding carboxylic acids is 1. The number of ketones is 1. The summed E-state index contributed by atoms with van der Waals surface area (Å²) >= 11 is 0. The van der Waals surface area contributed by atoms with Gasteiger partial charge in [-0.05, 0) is 30.0 Å². The van der Waals surface area contributed by atoms with Crippen LogP contribution < -0.4 is 0 Å². The van der Waals surface area contributed by atoms with E-state index in [9.17, 15) is 9.59 Å². The zero-order valence-corrected chi connectivity index (χ0v) is 8.54. The van der Waals surface area contributed by atoms with Crippen molar-refractivity contribution in [1.82, 2.24) is 0 Å². The fourth-order valence-electron chi connectivity index (χ4n) is 2.17. The minimum absolute atomic E-state index is 0.00981. The van der Waals surface area contributed by atoms with E-state index in [1.165, 1.54) is 0 Å². The summed E-state index contributed by atoms with van der Waals surface area (Å²) in [6.45, 7) is 1.90. The molecule has 1 aromatic carbocycles. The van der Waals surface area contributed by atoms with E-state index >= 15 is 0 Å². The van der Waals surface area contributed by atoms with Crippen LogP contribution in [0.5, 0.6) is 0 Å². The van der Waals surface area contributed by atoms with E-state index in [0.717, 1.165) is 22.3 Å². The van der Waals surface area contributed by atoms with Crippen LogP contribution in [0, 0.1) is 6.92 Å². The van der Waals surface area contributed by atoms with Crippen LogP contribution >= 0.6 is 0 Å². The molecule has 0 aliphatic heterocycles. The molecule has 3 heteroatoms. The third kappa shape index (κ3) is 1.65. The molecular formula is C12H12O3. The molecule has 0 saturated heterocycles. The number of carbonyl (C=O) groups is 2. The smallest absolute Gasteiger partial charge is 0.307 e. The molecule has 0 spiro atoms. The number of aryl methyl sites for hydroxylation is 1. The first kappa shape index (κ1) is 9.90. The minimum atomic E-state index is -0.847. The lowest BCUT2D eigenvalue weighted by Crippen LogP contribution is -2.05. The average Bonchev–Trinajstić information content (AvgIpc) is 2.53. The van der Waals surface area contributed by atoms with Crippen molar-refractivity contribution in [3.63, 3.8) is 0 Å². The summed E-state index contributed by atoms with van der Waals surface area (Å²) in [5.41, 5.74) is 3.45. The molecular weight excluding hydrogens is 192 g/mol. The average molecular weight is 204 g/mol. The van der Waals surface area contributed by atoms with Crippen LogP contribution in [0.3, 0.4) is 0 Å². The quantitative estimate of drug-likeness (QED) is 0.798. The Bertz CT molecular complexity index is 446. The van der Waals surface area contributed by atoms with Crippen molar-refractivity contribution in [3.05, 3.63) is 34.4 Å². The molecule has 0 radical (unpaired) electrons. The minimum Gasteiger partial charge on any atom is -0.481 e. The van der Waals surface area contributed by atoms with Gasteiger partial charge in [-0.25, -0.2) is 0 Å². The Morgan fingerprint density at radius 3 is 2.80 bits per heavy atom. The molecule has 1 aromatic rings. The Balaban J connectivity index is 2.52. The largest absolute Gasteiger partial charge is 0.481 e. The second-order valence-electron chi connectivity index (χ2n) is 3.89. The first-order valence-electron chi connectivity index (χ1n) is 4.96. The van der Waals surface area contributed by atoms with E-state index in [2.05, 4.69) is 0 Å². The fraction of sp³-hybridized carbons (Fsp3) is 0.333. The van der Waals surface area contributed by atoms with Crippen molar-refractivity contribution in [1.29, 1.82) is 0 Å². The van der Waals surface area contributed by atoms with E-state index in [0.29, 0.717) is 12.8 Å². The SMILES string of the molecule is Cc1ccc(CC(=O)O)c2c1C(=O)CC2. The van der Waals surface area contributed by atoms with Gasteiger partial charge in [-0.3, -0.25) is 9.59 Å². The van der Waals surface area contributed by atoms with E-state index in [4.69, 9.17) is 5.11 Å². The van der Waals surface area contributed by atoms with Crippen molar-refractivity contribution in [2.75, 3.05) is 0 Å². The van der Waals surface area contributed by atoms with Crippen molar-refractivity contribution in [2.24, 2.45) is 0 Å². The second-order valence-corrected chi connectivity index (χ2v) is 3.89. The Labute approximate surface area is 87.7 Å². The van der Waals surface area contributed by atoms with Gasteiger partial charge in [0.15, 0.2) is 5.78 Å². The van der Waals surface area contributed by atoms with Gasteiger partial charge in [0, 0.05) is 12.0 Å². The van der Waals surface area contributed by atoms with Crippen molar-refractivity contribution in [3.8, 4) is 0 Å². The molecule has 0 atom stereocenters. The fourth-order valence-corrected chi connectivity index (χ4v) is 2.17. The van der Waals surface area contributed by atoms with E-state index in [1.807, 2.05) is 19.1 Å². The lowest BCUT2D eigenvalue weighted by molar-refractivity contribution is -0.136. The predicted molar refractivity (Wildman–Crippen MR) is 55.2 cm³/mol. The first-order valence-corrected chi connectivity index (χ1v) is 4.96. The molecule has 2 rings (SSSR count). The number of hydrogen-bond donors (Lipinski definition) is 1. The van der Waals surface area contributed by atoms with Gasteiger partial charge in [-0.15, -0.1) is 0 Å². The molecule has 0 unspecified atom stereocenters. The number of benzene rings is 1. The molecule has 0 heterocycles. The van der Waals surface area contributed by atoms with Gasteiger partial charge >= 0.3 is 5.97 Å². The van der Waals surface area contributed by atoms with Crippen LogP contribution in [0.2, 0.25) is 0 Å². The lowest BCUT2D eigenvalue weighted by atomic mass is 9.97. The molecule has 0 fully saturated rings. The topological polar surface area (TPSA) is 54.4 Å². The van der Waals surface area contributed by atoms with Crippen molar-refractivity contribution in [2.45, 2.75) is 26.2 Å². The van der Waals surface area contributed by atoms with Gasteiger partial charge < -0.3 is 5.11 Å². The monoisotopic (exact) mass is 204 g/mol. The van der Waals surface area contributed by atoms with Crippen LogP contribution in [0.1, 0.15) is 33.5 Å². The number of aliphatic carboxylic acids is 1. The molecule has 1 aliphatic rings. The molecule has 15 heavy (non-hydrogen) atoms. The van der Waals surface area contributed by atoms with Gasteiger partial charge in [0.05, 0.1) is 6.42 Å². The van der Waals surface area contributed by atoms with Crippen LogP contribution in [0.4, 0.5) is 0 Å². The number of rotatable bonds is 2. The summed E-state index contributed by atoms with van der Waals surface area (Å²) in [6.07, 6.45) is 1.22. The molecule has 0 aromatic heterocycles. The van der Waals surface area contributed by atoms with Crippen LogP contribution in [0.15, 0.2) is 12.1 Å². The molecule has 78 valence electrons. The standard InChI is InChI=1S/C12H12O3/c1-7-2-3-8(6-11(14)15)9-4-5-10(13)12(7)9/h2-3H,4-6H2,1H3,(H,14,15).